The first kappa shape index (κ1) is 16.7. The van der Waals surface area contributed by atoms with E-state index < -0.39 is 0 Å². The third-order valence-corrected chi connectivity index (χ3v) is 4.07. The first-order chi connectivity index (χ1) is 12.1. The zero-order chi connectivity index (χ0) is 17.8. The average molecular weight is 336 g/mol. The molecule has 0 heterocycles. The molecule has 3 aromatic carbocycles. The summed E-state index contributed by atoms with van der Waals surface area (Å²) in [5, 5.41) is 29.1. The van der Waals surface area contributed by atoms with Gasteiger partial charge >= 0.3 is 0 Å². The Hall–Kier alpha value is -3.14. The van der Waals surface area contributed by atoms with Crippen LogP contribution in [-0.2, 0) is 0 Å². The predicted octanol–water partition coefficient (Wildman–Crippen LogP) is 4.38. The lowest BCUT2D eigenvalue weighted by Crippen LogP contribution is -2.04. The van der Waals surface area contributed by atoms with Crippen molar-refractivity contribution in [1.29, 1.82) is 0 Å². The number of rotatable bonds is 5. The van der Waals surface area contributed by atoms with Gasteiger partial charge in [0.2, 0.25) is 0 Å². The molecule has 0 aliphatic heterocycles. The van der Waals surface area contributed by atoms with Crippen LogP contribution in [0.4, 0.5) is 0 Å². The summed E-state index contributed by atoms with van der Waals surface area (Å²) in [5.41, 5.74) is 2.91. The molecule has 0 fully saturated rings. The largest absolute Gasteiger partial charge is 0.508 e. The first-order valence-electron chi connectivity index (χ1n) is 8.12. The molecular weight excluding hydrogens is 316 g/mol. The van der Waals surface area contributed by atoms with Gasteiger partial charge in [-0.05, 0) is 60.0 Å². The highest BCUT2D eigenvalue weighted by Gasteiger charge is 2.19. The molecule has 4 nitrogen and oxygen atoms in total. The van der Waals surface area contributed by atoms with Crippen LogP contribution in [0.1, 0.15) is 29.5 Å². The molecule has 0 saturated heterocycles. The summed E-state index contributed by atoms with van der Waals surface area (Å²) in [6, 6.07) is 19.3. The number of phenols is 3. The zero-order valence-corrected chi connectivity index (χ0v) is 13.9. The van der Waals surface area contributed by atoms with Crippen molar-refractivity contribution in [1.82, 2.24) is 0 Å². The Labute approximate surface area is 146 Å². The third-order valence-electron chi connectivity index (χ3n) is 4.07. The summed E-state index contributed by atoms with van der Waals surface area (Å²) >= 11 is 0. The van der Waals surface area contributed by atoms with E-state index in [0.717, 1.165) is 16.7 Å². The SMILES string of the molecule is CCOc1cc(C(c2ccc(O)cc2)c2ccc(O)cc2)ccc1O. The maximum atomic E-state index is 9.97. The minimum absolute atomic E-state index is 0.0979. The molecule has 3 rings (SSSR count). The summed E-state index contributed by atoms with van der Waals surface area (Å²) in [7, 11) is 0. The van der Waals surface area contributed by atoms with Crippen molar-refractivity contribution < 1.29 is 20.1 Å². The van der Waals surface area contributed by atoms with E-state index in [0.29, 0.717) is 12.4 Å². The molecule has 0 aliphatic carbocycles. The van der Waals surface area contributed by atoms with Crippen molar-refractivity contribution in [3.05, 3.63) is 83.4 Å². The maximum Gasteiger partial charge on any atom is 0.161 e. The highest BCUT2D eigenvalue weighted by molar-refractivity contribution is 5.50. The van der Waals surface area contributed by atoms with E-state index in [-0.39, 0.29) is 23.2 Å². The number of aromatic hydroxyl groups is 3. The molecule has 4 heteroatoms. The molecule has 0 radical (unpaired) electrons. The molecular formula is C21H20O4. The normalized spacial score (nSPS) is 10.8. The van der Waals surface area contributed by atoms with E-state index in [4.69, 9.17) is 4.74 Å². The van der Waals surface area contributed by atoms with Gasteiger partial charge in [0.05, 0.1) is 6.61 Å². The highest BCUT2D eigenvalue weighted by Crippen LogP contribution is 2.37. The van der Waals surface area contributed by atoms with Crippen molar-refractivity contribution in [3.8, 4) is 23.0 Å². The molecule has 3 N–H and O–H groups in total. The van der Waals surface area contributed by atoms with Gasteiger partial charge in [0.1, 0.15) is 11.5 Å². The fourth-order valence-electron chi connectivity index (χ4n) is 2.89. The van der Waals surface area contributed by atoms with Gasteiger partial charge < -0.3 is 20.1 Å². The summed E-state index contributed by atoms with van der Waals surface area (Å²) in [6.07, 6.45) is 0. The van der Waals surface area contributed by atoms with Gasteiger partial charge in [0.15, 0.2) is 11.5 Å². The number of hydrogen-bond donors (Lipinski definition) is 3. The summed E-state index contributed by atoms with van der Waals surface area (Å²) in [6.45, 7) is 2.32. The number of ether oxygens (including phenoxy) is 1. The quantitative estimate of drug-likeness (QED) is 0.605. The van der Waals surface area contributed by atoms with Crippen LogP contribution in [0.5, 0.6) is 23.0 Å². The van der Waals surface area contributed by atoms with Gasteiger partial charge in [-0.3, -0.25) is 0 Å². The van der Waals surface area contributed by atoms with Gasteiger partial charge in [0.25, 0.3) is 0 Å². The van der Waals surface area contributed by atoms with Gasteiger partial charge in [-0.25, -0.2) is 0 Å². The van der Waals surface area contributed by atoms with Crippen molar-refractivity contribution in [2.45, 2.75) is 12.8 Å². The lowest BCUT2D eigenvalue weighted by atomic mass is 9.85. The molecule has 0 bridgehead atoms. The predicted molar refractivity (Wildman–Crippen MR) is 96.4 cm³/mol. The van der Waals surface area contributed by atoms with Crippen LogP contribution < -0.4 is 4.74 Å². The fourth-order valence-corrected chi connectivity index (χ4v) is 2.89. The van der Waals surface area contributed by atoms with Crippen LogP contribution in [0, 0.1) is 0 Å². The van der Waals surface area contributed by atoms with E-state index >= 15 is 0 Å². The van der Waals surface area contributed by atoms with E-state index in [9.17, 15) is 15.3 Å². The third kappa shape index (κ3) is 3.69. The standard InChI is InChI=1S/C21H20O4/c1-2-25-20-13-16(7-12-19(20)24)21(14-3-8-17(22)9-4-14)15-5-10-18(23)11-6-15/h3-13,21-24H,2H2,1H3. The van der Waals surface area contributed by atoms with E-state index in [1.807, 2.05) is 43.3 Å². The van der Waals surface area contributed by atoms with Gasteiger partial charge in [-0.1, -0.05) is 30.3 Å². The van der Waals surface area contributed by atoms with E-state index in [1.54, 1.807) is 30.3 Å². The summed E-state index contributed by atoms with van der Waals surface area (Å²) in [5.74, 6) is 0.812. The monoisotopic (exact) mass is 336 g/mol. The van der Waals surface area contributed by atoms with E-state index in [2.05, 4.69) is 0 Å². The van der Waals surface area contributed by atoms with Crippen molar-refractivity contribution in [3.63, 3.8) is 0 Å². The van der Waals surface area contributed by atoms with Crippen LogP contribution in [-0.4, -0.2) is 21.9 Å². The molecule has 0 aliphatic rings. The second kappa shape index (κ2) is 7.18. The summed E-state index contributed by atoms with van der Waals surface area (Å²) < 4.78 is 5.51. The minimum atomic E-state index is -0.124. The molecule has 128 valence electrons. The van der Waals surface area contributed by atoms with Crippen molar-refractivity contribution in [2.24, 2.45) is 0 Å². The second-order valence-electron chi connectivity index (χ2n) is 5.78. The smallest absolute Gasteiger partial charge is 0.161 e. The second-order valence-corrected chi connectivity index (χ2v) is 5.78. The molecule has 0 amide bonds. The van der Waals surface area contributed by atoms with Gasteiger partial charge in [0, 0.05) is 5.92 Å². The molecule has 0 aromatic heterocycles. The Morgan fingerprint density at radius 1 is 0.720 bits per heavy atom. The number of phenolic OH excluding ortho intramolecular Hbond substituents is 3. The molecule has 25 heavy (non-hydrogen) atoms. The number of hydrogen-bond acceptors (Lipinski definition) is 4. The lowest BCUT2D eigenvalue weighted by molar-refractivity contribution is 0.317. The van der Waals surface area contributed by atoms with Crippen LogP contribution in [0.3, 0.4) is 0 Å². The molecule has 0 spiro atoms. The minimum Gasteiger partial charge on any atom is -0.508 e. The molecule has 0 unspecified atom stereocenters. The van der Waals surface area contributed by atoms with Crippen LogP contribution in [0.25, 0.3) is 0 Å². The Balaban J connectivity index is 2.12. The highest BCUT2D eigenvalue weighted by atomic mass is 16.5. The Morgan fingerprint density at radius 2 is 1.20 bits per heavy atom. The first-order valence-corrected chi connectivity index (χ1v) is 8.12. The van der Waals surface area contributed by atoms with Gasteiger partial charge in [-0.2, -0.15) is 0 Å². The molecule has 0 saturated carbocycles. The number of benzene rings is 3. The maximum absolute atomic E-state index is 9.97. The van der Waals surface area contributed by atoms with Crippen LogP contribution in [0.2, 0.25) is 0 Å². The lowest BCUT2D eigenvalue weighted by Gasteiger charge is -2.20. The molecule has 3 aromatic rings. The van der Waals surface area contributed by atoms with Crippen molar-refractivity contribution in [2.75, 3.05) is 6.61 Å². The van der Waals surface area contributed by atoms with E-state index in [1.165, 1.54) is 0 Å². The average Bonchev–Trinajstić information content (AvgIpc) is 2.61. The summed E-state index contributed by atoms with van der Waals surface area (Å²) in [4.78, 5) is 0. The fraction of sp³-hybridized carbons (Fsp3) is 0.143. The topological polar surface area (TPSA) is 69.9 Å². The zero-order valence-electron chi connectivity index (χ0n) is 13.9. The van der Waals surface area contributed by atoms with Gasteiger partial charge in [-0.15, -0.1) is 0 Å². The Bertz CT molecular complexity index is 793. The van der Waals surface area contributed by atoms with Crippen molar-refractivity contribution >= 4 is 0 Å². The Morgan fingerprint density at radius 3 is 1.68 bits per heavy atom. The van der Waals surface area contributed by atoms with Crippen LogP contribution >= 0.6 is 0 Å². The molecule has 0 atom stereocenters. The van der Waals surface area contributed by atoms with Crippen LogP contribution in [0.15, 0.2) is 66.7 Å². The Kier molecular flexibility index (Phi) is 4.80.